The Morgan fingerprint density at radius 2 is 1.79 bits per heavy atom. The number of nitrogens with one attached hydrogen (secondary N) is 1. The normalized spacial score (nSPS) is 13.9. The van der Waals surface area contributed by atoms with Crippen LogP contribution in [0.4, 0.5) is 0 Å². The van der Waals surface area contributed by atoms with Crippen molar-refractivity contribution in [3.05, 3.63) is 35.4 Å². The fourth-order valence-electron chi connectivity index (χ4n) is 2.34. The van der Waals surface area contributed by atoms with E-state index in [2.05, 4.69) is 26.1 Å². The molecule has 24 heavy (non-hydrogen) atoms. The molecule has 0 spiro atoms. The molecule has 0 aromatic heterocycles. The molecule has 1 aromatic carbocycles. The third kappa shape index (κ3) is 6.71. The summed E-state index contributed by atoms with van der Waals surface area (Å²) in [5.74, 6) is -0.464. The van der Waals surface area contributed by atoms with Gasteiger partial charge in [-0.2, -0.15) is 0 Å². The summed E-state index contributed by atoms with van der Waals surface area (Å²) in [4.78, 5) is 23.8. The average Bonchev–Trinajstić information content (AvgIpc) is 2.51. The monoisotopic (exact) mass is 334 g/mol. The first kappa shape index (κ1) is 20.2. The molecule has 0 fully saturated rings. The Morgan fingerprint density at radius 3 is 2.25 bits per heavy atom. The first-order valence-corrected chi connectivity index (χ1v) is 8.35. The van der Waals surface area contributed by atoms with Crippen LogP contribution in [0.5, 0.6) is 0 Å². The van der Waals surface area contributed by atoms with E-state index >= 15 is 0 Å². The van der Waals surface area contributed by atoms with E-state index in [-0.39, 0.29) is 29.8 Å². The van der Waals surface area contributed by atoms with E-state index in [1.807, 2.05) is 31.2 Å². The zero-order valence-electron chi connectivity index (χ0n) is 15.4. The van der Waals surface area contributed by atoms with E-state index in [0.717, 1.165) is 5.56 Å². The molecule has 0 saturated carbocycles. The number of rotatable bonds is 7. The van der Waals surface area contributed by atoms with Gasteiger partial charge in [0.1, 0.15) is 0 Å². The number of benzene rings is 1. The highest BCUT2D eigenvalue weighted by atomic mass is 16.5. The predicted molar refractivity (Wildman–Crippen MR) is 95.5 cm³/mol. The van der Waals surface area contributed by atoms with Gasteiger partial charge in [-0.05, 0) is 29.9 Å². The van der Waals surface area contributed by atoms with Crippen LogP contribution in [-0.4, -0.2) is 25.0 Å². The molecule has 1 rings (SSSR count). The first-order valence-electron chi connectivity index (χ1n) is 8.35. The number of carbonyl (C=O) groups is 2. The number of ether oxygens (including phenoxy) is 1. The third-order valence-corrected chi connectivity index (χ3v) is 3.94. The van der Waals surface area contributed by atoms with Crippen molar-refractivity contribution < 1.29 is 14.3 Å². The second kappa shape index (κ2) is 8.83. The number of nitrogens with two attached hydrogens (primary N) is 1. The minimum atomic E-state index is -0.396. The van der Waals surface area contributed by atoms with Crippen molar-refractivity contribution in [1.29, 1.82) is 0 Å². The zero-order chi connectivity index (χ0) is 18.3. The lowest BCUT2D eigenvalue weighted by Crippen LogP contribution is -2.31. The lowest BCUT2D eigenvalue weighted by molar-refractivity contribution is -0.141. The van der Waals surface area contributed by atoms with Crippen molar-refractivity contribution in [2.45, 2.75) is 64.5 Å². The molecule has 2 atom stereocenters. The van der Waals surface area contributed by atoms with Gasteiger partial charge in [-0.3, -0.25) is 9.59 Å². The van der Waals surface area contributed by atoms with Crippen LogP contribution in [0.2, 0.25) is 0 Å². The summed E-state index contributed by atoms with van der Waals surface area (Å²) >= 11 is 0. The highest BCUT2D eigenvalue weighted by Gasteiger charge is 2.20. The number of hydrogen-bond donors (Lipinski definition) is 2. The maximum Gasteiger partial charge on any atom is 0.307 e. The van der Waals surface area contributed by atoms with E-state index in [1.165, 1.54) is 12.7 Å². The van der Waals surface area contributed by atoms with Crippen LogP contribution in [0.15, 0.2) is 24.3 Å². The molecule has 0 heterocycles. The van der Waals surface area contributed by atoms with Gasteiger partial charge >= 0.3 is 5.97 Å². The fraction of sp³-hybridized carbons (Fsp3) is 0.579. The molecule has 0 saturated heterocycles. The molecule has 0 aliphatic carbocycles. The molecule has 3 N–H and O–H groups in total. The number of esters is 1. The molecular formula is C19H30N2O3. The summed E-state index contributed by atoms with van der Waals surface area (Å²) in [7, 11) is 1.35. The van der Waals surface area contributed by atoms with Crippen molar-refractivity contribution in [2.24, 2.45) is 5.73 Å². The Balaban J connectivity index is 2.88. The molecule has 5 nitrogen and oxygen atoms in total. The van der Waals surface area contributed by atoms with Crippen molar-refractivity contribution in [3.8, 4) is 0 Å². The van der Waals surface area contributed by atoms with Gasteiger partial charge in [0.25, 0.3) is 0 Å². The first-order chi connectivity index (χ1) is 11.1. The third-order valence-electron chi connectivity index (χ3n) is 3.94. The highest BCUT2D eigenvalue weighted by molar-refractivity contribution is 5.78. The summed E-state index contributed by atoms with van der Waals surface area (Å²) in [6.45, 7) is 8.29. The van der Waals surface area contributed by atoms with Gasteiger partial charge in [-0.1, -0.05) is 45.0 Å². The maximum absolute atomic E-state index is 12.1. The van der Waals surface area contributed by atoms with Crippen molar-refractivity contribution in [2.75, 3.05) is 7.11 Å². The number of carbonyl (C=O) groups excluding carboxylic acids is 2. The second-order valence-corrected chi connectivity index (χ2v) is 7.29. The summed E-state index contributed by atoms with van der Waals surface area (Å²) < 4.78 is 4.75. The summed E-state index contributed by atoms with van der Waals surface area (Å²) in [6, 6.07) is 7.56. The second-order valence-electron chi connectivity index (χ2n) is 7.29. The molecule has 5 heteroatoms. The van der Waals surface area contributed by atoms with Crippen molar-refractivity contribution in [1.82, 2.24) is 5.32 Å². The smallest absolute Gasteiger partial charge is 0.307 e. The average molecular weight is 334 g/mol. The van der Waals surface area contributed by atoms with Gasteiger partial charge in [-0.15, -0.1) is 0 Å². The van der Waals surface area contributed by atoms with Crippen LogP contribution in [-0.2, 0) is 19.7 Å². The molecule has 0 bridgehead atoms. The van der Waals surface area contributed by atoms with Crippen LogP contribution >= 0.6 is 0 Å². The van der Waals surface area contributed by atoms with E-state index in [4.69, 9.17) is 10.5 Å². The Labute approximate surface area is 145 Å². The van der Waals surface area contributed by atoms with Crippen LogP contribution in [0.1, 0.15) is 64.1 Å². The SMILES string of the molecule is COC(=O)CC(NC(=O)CCC(C)N)c1ccc(C(C)(C)C)cc1. The van der Waals surface area contributed by atoms with Gasteiger partial charge in [-0.25, -0.2) is 0 Å². The highest BCUT2D eigenvalue weighted by Crippen LogP contribution is 2.25. The van der Waals surface area contributed by atoms with E-state index < -0.39 is 6.04 Å². The van der Waals surface area contributed by atoms with Gasteiger partial charge < -0.3 is 15.8 Å². The summed E-state index contributed by atoms with van der Waals surface area (Å²) in [6.07, 6.45) is 1.06. The Bertz CT molecular complexity index is 545. The molecule has 1 amide bonds. The van der Waals surface area contributed by atoms with Crippen molar-refractivity contribution >= 4 is 11.9 Å². The topological polar surface area (TPSA) is 81.4 Å². The number of hydrogen-bond acceptors (Lipinski definition) is 4. The lowest BCUT2D eigenvalue weighted by Gasteiger charge is -2.22. The van der Waals surface area contributed by atoms with E-state index in [9.17, 15) is 9.59 Å². The largest absolute Gasteiger partial charge is 0.469 e. The minimum Gasteiger partial charge on any atom is -0.469 e. The lowest BCUT2D eigenvalue weighted by atomic mass is 9.86. The van der Waals surface area contributed by atoms with Gasteiger partial charge in [0.05, 0.1) is 19.6 Å². The Morgan fingerprint density at radius 1 is 1.21 bits per heavy atom. The van der Waals surface area contributed by atoms with Gasteiger partial charge in [0, 0.05) is 12.5 Å². The molecule has 0 aliphatic heterocycles. The molecule has 1 aromatic rings. The van der Waals surface area contributed by atoms with Crippen LogP contribution < -0.4 is 11.1 Å². The van der Waals surface area contributed by atoms with Gasteiger partial charge in [0.2, 0.25) is 5.91 Å². The number of amides is 1. The van der Waals surface area contributed by atoms with Crippen LogP contribution in [0, 0.1) is 0 Å². The van der Waals surface area contributed by atoms with Crippen LogP contribution in [0.25, 0.3) is 0 Å². The van der Waals surface area contributed by atoms with E-state index in [1.54, 1.807) is 0 Å². The Kier molecular flexibility index (Phi) is 7.42. The quantitative estimate of drug-likeness (QED) is 0.751. The predicted octanol–water partition coefficient (Wildman–Crippen LogP) is 2.83. The van der Waals surface area contributed by atoms with Crippen LogP contribution in [0.3, 0.4) is 0 Å². The van der Waals surface area contributed by atoms with Gasteiger partial charge in [0.15, 0.2) is 0 Å². The molecule has 0 aliphatic rings. The summed E-state index contributed by atoms with van der Waals surface area (Å²) in [5.41, 5.74) is 7.83. The zero-order valence-corrected chi connectivity index (χ0v) is 15.4. The maximum atomic E-state index is 12.1. The number of methoxy groups -OCH3 is 1. The standard InChI is InChI=1S/C19H30N2O3/c1-13(20)6-11-17(22)21-16(12-18(23)24-5)14-7-9-15(10-8-14)19(2,3)4/h7-10,13,16H,6,11-12,20H2,1-5H3,(H,21,22). The Hall–Kier alpha value is -1.88. The molecule has 134 valence electrons. The summed E-state index contributed by atoms with van der Waals surface area (Å²) in [5, 5.41) is 2.92. The molecular weight excluding hydrogens is 304 g/mol. The molecule has 0 radical (unpaired) electrons. The molecule has 2 unspecified atom stereocenters. The minimum absolute atomic E-state index is 0.0270. The van der Waals surface area contributed by atoms with Crippen molar-refractivity contribution in [3.63, 3.8) is 0 Å². The van der Waals surface area contributed by atoms with E-state index in [0.29, 0.717) is 12.8 Å². The fourth-order valence-corrected chi connectivity index (χ4v) is 2.34.